The average molecular weight is 274 g/mol. The van der Waals surface area contributed by atoms with Crippen molar-refractivity contribution in [2.24, 2.45) is 0 Å². The van der Waals surface area contributed by atoms with E-state index in [2.05, 4.69) is 0 Å². The Labute approximate surface area is 105 Å². The van der Waals surface area contributed by atoms with Crippen LogP contribution in [0.2, 0.25) is 0 Å². The summed E-state index contributed by atoms with van der Waals surface area (Å²) in [6, 6.07) is -1.01. The summed E-state index contributed by atoms with van der Waals surface area (Å²) in [6.07, 6.45) is -6.69. The molecule has 4 atom stereocenters. The number of nitrogens with one attached hydrogen (secondary N) is 1. The van der Waals surface area contributed by atoms with Gasteiger partial charge in [0.25, 0.3) is 5.91 Å². The number of nitrogens with zero attached hydrogens (tertiary/aromatic N) is 1. The Kier molecular flexibility index (Phi) is 3.22. The van der Waals surface area contributed by atoms with Crippen LogP contribution in [-0.4, -0.2) is 75.0 Å². The number of carbonyl (C=O) groups is 4. The molecule has 2 fully saturated rings. The molecule has 0 spiro atoms. The number of ketones is 1. The summed E-state index contributed by atoms with van der Waals surface area (Å²) in [5.41, 5.74) is 0. The number of ether oxygens (including phenoxy) is 1. The highest BCUT2D eigenvalue weighted by molar-refractivity contribution is 6.41. The zero-order valence-electron chi connectivity index (χ0n) is 9.35. The van der Waals surface area contributed by atoms with Crippen molar-refractivity contribution >= 4 is 23.7 Å². The lowest BCUT2D eigenvalue weighted by Gasteiger charge is -2.31. The topological polar surface area (TPSA) is 153 Å². The highest BCUT2D eigenvalue weighted by atomic mass is 16.6. The van der Waals surface area contributed by atoms with Gasteiger partial charge in [-0.15, -0.1) is 0 Å². The van der Waals surface area contributed by atoms with Gasteiger partial charge in [0.1, 0.15) is 12.2 Å². The van der Waals surface area contributed by atoms with E-state index in [-0.39, 0.29) is 0 Å². The number of aliphatic hydroxyl groups excluding tert-OH is 2. The lowest BCUT2D eigenvalue weighted by molar-refractivity contribution is -0.158. The minimum absolute atomic E-state index is 0.653. The van der Waals surface area contributed by atoms with Crippen LogP contribution in [0.3, 0.4) is 0 Å². The molecule has 2 aliphatic heterocycles. The molecule has 2 saturated heterocycles. The number of carboxylic acids is 1. The highest BCUT2D eigenvalue weighted by Gasteiger charge is 2.51. The quantitative estimate of drug-likeness (QED) is 0.381. The Morgan fingerprint density at radius 2 is 1.89 bits per heavy atom. The van der Waals surface area contributed by atoms with Crippen LogP contribution >= 0.6 is 0 Å². The van der Waals surface area contributed by atoms with Gasteiger partial charge in [0.2, 0.25) is 5.78 Å². The fraction of sp³-hybridized carbons (Fsp3) is 0.556. The molecule has 0 aromatic rings. The van der Waals surface area contributed by atoms with Crippen molar-refractivity contribution < 1.29 is 39.2 Å². The maximum Gasteiger partial charge on any atom is 0.335 e. The van der Waals surface area contributed by atoms with Gasteiger partial charge in [-0.3, -0.25) is 19.8 Å². The van der Waals surface area contributed by atoms with Crippen LogP contribution < -0.4 is 5.32 Å². The Bertz CT molecular complexity index is 463. The molecule has 19 heavy (non-hydrogen) atoms. The van der Waals surface area contributed by atoms with Crippen LogP contribution in [0.5, 0.6) is 0 Å². The van der Waals surface area contributed by atoms with Crippen molar-refractivity contribution in [1.29, 1.82) is 0 Å². The van der Waals surface area contributed by atoms with E-state index in [0.717, 1.165) is 0 Å². The molecule has 0 aromatic carbocycles. The summed E-state index contributed by atoms with van der Waals surface area (Å²) in [4.78, 5) is 45.0. The third kappa shape index (κ3) is 2.16. The molecule has 2 rings (SSSR count). The predicted molar refractivity (Wildman–Crippen MR) is 53.6 cm³/mol. The van der Waals surface area contributed by atoms with E-state index in [1.54, 1.807) is 5.32 Å². The van der Waals surface area contributed by atoms with E-state index < -0.39 is 54.8 Å². The number of amides is 3. The number of carbonyl (C=O) groups excluding carboxylic acids is 3. The zero-order chi connectivity index (χ0) is 14.3. The summed E-state index contributed by atoms with van der Waals surface area (Å²) in [7, 11) is 0. The number of rotatable bonds is 2. The molecule has 0 saturated carbocycles. The summed E-state index contributed by atoms with van der Waals surface area (Å²) in [5.74, 6) is -3.55. The number of hydrogen-bond donors (Lipinski definition) is 4. The van der Waals surface area contributed by atoms with Crippen LogP contribution in [0.1, 0.15) is 0 Å². The van der Waals surface area contributed by atoms with Gasteiger partial charge in [-0.25, -0.2) is 9.59 Å². The van der Waals surface area contributed by atoms with E-state index in [1.807, 2.05) is 0 Å². The molecular weight excluding hydrogens is 264 g/mol. The number of urea groups is 1. The summed E-state index contributed by atoms with van der Waals surface area (Å²) in [5, 5.41) is 29.6. The van der Waals surface area contributed by atoms with Gasteiger partial charge >= 0.3 is 12.0 Å². The molecular formula is C9H10N2O8. The molecule has 0 aromatic heterocycles. The Morgan fingerprint density at radius 3 is 2.42 bits per heavy atom. The van der Waals surface area contributed by atoms with Gasteiger partial charge in [-0.1, -0.05) is 0 Å². The van der Waals surface area contributed by atoms with Gasteiger partial charge in [-0.05, 0) is 0 Å². The first kappa shape index (κ1) is 13.4. The normalized spacial score (nSPS) is 35.5. The molecule has 0 aliphatic carbocycles. The smallest absolute Gasteiger partial charge is 0.335 e. The predicted octanol–water partition coefficient (Wildman–Crippen LogP) is -3.36. The van der Waals surface area contributed by atoms with Crippen LogP contribution in [-0.2, 0) is 19.1 Å². The maximum absolute atomic E-state index is 11.5. The summed E-state index contributed by atoms with van der Waals surface area (Å²) < 4.78 is 4.84. The standard InChI is InChI=1S/C9H10N2O8/c12-2-1-11(9(18)10-6(2)15)7-4(14)3(13)5(19-7)8(16)17/h3-5,7,13-14H,1H2,(H,16,17)(H,10,15,18)/t3-,4+,5-,7+/m0/s1. The largest absolute Gasteiger partial charge is 0.479 e. The molecule has 104 valence electrons. The SMILES string of the molecule is O=C1CN([C@@H]2O[C@H](C(=O)O)[C@@H](O)[C@H]2O)C(=O)NC1=O. The molecule has 0 bridgehead atoms. The molecule has 0 radical (unpaired) electrons. The third-order valence-corrected chi connectivity index (χ3v) is 2.84. The lowest BCUT2D eigenvalue weighted by atomic mass is 10.1. The second-order valence-electron chi connectivity index (χ2n) is 4.08. The monoisotopic (exact) mass is 274 g/mol. The van der Waals surface area contributed by atoms with E-state index in [9.17, 15) is 29.4 Å². The number of Topliss-reactive ketones (excluding diaryl/α,β-unsaturated/α-hetero) is 1. The zero-order valence-corrected chi connectivity index (χ0v) is 9.35. The van der Waals surface area contributed by atoms with Crippen molar-refractivity contribution in [2.45, 2.75) is 24.5 Å². The van der Waals surface area contributed by atoms with E-state index >= 15 is 0 Å². The van der Waals surface area contributed by atoms with Crippen molar-refractivity contribution in [3.05, 3.63) is 0 Å². The average Bonchev–Trinajstić information content (AvgIpc) is 2.62. The fourth-order valence-electron chi connectivity index (χ4n) is 1.86. The Balaban J connectivity index is 2.18. The van der Waals surface area contributed by atoms with Crippen molar-refractivity contribution in [3.63, 3.8) is 0 Å². The highest BCUT2D eigenvalue weighted by Crippen LogP contribution is 2.25. The second-order valence-corrected chi connectivity index (χ2v) is 4.08. The molecule has 10 heteroatoms. The number of hydrogen-bond acceptors (Lipinski definition) is 7. The van der Waals surface area contributed by atoms with E-state index in [4.69, 9.17) is 9.84 Å². The number of carboxylic acid groups (broad SMARTS) is 1. The molecule has 0 unspecified atom stereocenters. The van der Waals surface area contributed by atoms with Crippen molar-refractivity contribution in [1.82, 2.24) is 10.2 Å². The Hall–Kier alpha value is -2.04. The second kappa shape index (κ2) is 4.57. The van der Waals surface area contributed by atoms with Gasteiger partial charge in [0, 0.05) is 0 Å². The van der Waals surface area contributed by atoms with Crippen molar-refractivity contribution in [2.75, 3.05) is 6.54 Å². The molecule has 10 nitrogen and oxygen atoms in total. The molecule has 4 N–H and O–H groups in total. The molecule has 2 aliphatic rings. The van der Waals surface area contributed by atoms with Crippen LogP contribution in [0.25, 0.3) is 0 Å². The summed E-state index contributed by atoms with van der Waals surface area (Å²) >= 11 is 0. The van der Waals surface area contributed by atoms with Gasteiger partial charge in [0.15, 0.2) is 12.3 Å². The lowest BCUT2D eigenvalue weighted by Crippen LogP contribution is -2.60. The molecule has 3 amide bonds. The van der Waals surface area contributed by atoms with Crippen LogP contribution in [0.15, 0.2) is 0 Å². The first-order valence-electron chi connectivity index (χ1n) is 5.22. The number of imide groups is 1. The van der Waals surface area contributed by atoms with Crippen LogP contribution in [0, 0.1) is 0 Å². The van der Waals surface area contributed by atoms with Gasteiger partial charge in [-0.2, -0.15) is 0 Å². The van der Waals surface area contributed by atoms with E-state index in [1.165, 1.54) is 0 Å². The van der Waals surface area contributed by atoms with E-state index in [0.29, 0.717) is 4.90 Å². The third-order valence-electron chi connectivity index (χ3n) is 2.84. The van der Waals surface area contributed by atoms with Crippen molar-refractivity contribution in [3.8, 4) is 0 Å². The van der Waals surface area contributed by atoms with Gasteiger partial charge in [0.05, 0.1) is 6.54 Å². The minimum atomic E-state index is -1.75. The number of aliphatic carboxylic acids is 1. The molecule has 2 heterocycles. The number of aliphatic hydroxyl groups is 2. The minimum Gasteiger partial charge on any atom is -0.479 e. The first-order chi connectivity index (χ1) is 8.82. The maximum atomic E-state index is 11.5. The first-order valence-corrected chi connectivity index (χ1v) is 5.22. The van der Waals surface area contributed by atoms with Gasteiger partial charge < -0.3 is 20.1 Å². The van der Waals surface area contributed by atoms with Crippen LogP contribution in [0.4, 0.5) is 4.79 Å². The Morgan fingerprint density at radius 1 is 1.26 bits per heavy atom. The summed E-state index contributed by atoms with van der Waals surface area (Å²) in [6.45, 7) is -0.661. The fourth-order valence-corrected chi connectivity index (χ4v) is 1.86.